The largest absolute Gasteiger partial charge is 0.489 e. The highest BCUT2D eigenvalue weighted by Gasteiger charge is 2.26. The lowest BCUT2D eigenvalue weighted by Gasteiger charge is -2.27. The minimum Gasteiger partial charge on any atom is -0.489 e. The molecule has 0 unspecified atom stereocenters. The Labute approximate surface area is 213 Å². The summed E-state index contributed by atoms with van der Waals surface area (Å²) in [5, 5.41) is 9.98. The van der Waals surface area contributed by atoms with E-state index in [1.54, 1.807) is 12.3 Å². The Kier molecular flexibility index (Phi) is 9.25. The van der Waals surface area contributed by atoms with E-state index in [1.807, 2.05) is 36.4 Å². The molecule has 3 aromatic rings. The van der Waals surface area contributed by atoms with Gasteiger partial charge in [-0.3, -0.25) is 4.72 Å². The summed E-state index contributed by atoms with van der Waals surface area (Å²) >= 11 is 13.5. The molecule has 0 saturated carbocycles. The van der Waals surface area contributed by atoms with Crippen molar-refractivity contribution in [1.29, 1.82) is 5.26 Å². The van der Waals surface area contributed by atoms with Crippen molar-refractivity contribution in [2.75, 3.05) is 23.1 Å². The molecule has 0 amide bonds. The highest BCUT2D eigenvalue weighted by Crippen LogP contribution is 2.38. The first kappa shape index (κ1) is 25.9. The van der Waals surface area contributed by atoms with Gasteiger partial charge in [-0.05, 0) is 53.4 Å². The van der Waals surface area contributed by atoms with Crippen LogP contribution < -0.4 is 19.9 Å². The number of nitriles is 1. The van der Waals surface area contributed by atoms with Crippen LogP contribution in [0.3, 0.4) is 0 Å². The van der Waals surface area contributed by atoms with Gasteiger partial charge in [0.25, 0.3) is 0 Å². The average Bonchev–Trinajstić information content (AvgIpc) is 2.85. The van der Waals surface area contributed by atoms with E-state index >= 15 is 0 Å². The van der Waals surface area contributed by atoms with Gasteiger partial charge < -0.3 is 15.2 Å². The fourth-order valence-electron chi connectivity index (χ4n) is 3.25. The average molecular weight is 518 g/mol. The fraction of sp³-hybridized carbons (Fsp3) is 0.292. The SMILES string of the molecule is CC(C)(c1ccc(OCc2ccnc(NSCN)n2)cc1)c1cc(Cl)c(OCCCl)c(C#N)c1. The van der Waals surface area contributed by atoms with Crippen LogP contribution in [-0.4, -0.2) is 28.3 Å². The standard InChI is InChI=1S/C24H25Cl2N5O2S/c1-24(2,18-11-16(13-27)22(21(26)12-18)32-10-8-25)17-3-5-20(6-4-17)33-14-19-7-9-29-23(30-19)31-34-15-28/h3-7,9,11-12H,8,10,14-15,28H2,1-2H3,(H,29,30,31). The number of nitrogens with one attached hydrogen (secondary N) is 1. The predicted octanol–water partition coefficient (Wildman–Crippen LogP) is 5.50. The summed E-state index contributed by atoms with van der Waals surface area (Å²) in [5.74, 6) is 2.29. The molecule has 0 spiro atoms. The number of alkyl halides is 1. The van der Waals surface area contributed by atoms with Gasteiger partial charge in [0.05, 0.1) is 28.0 Å². The van der Waals surface area contributed by atoms with Crippen LogP contribution >= 0.6 is 35.1 Å². The molecule has 0 saturated heterocycles. The van der Waals surface area contributed by atoms with Crippen molar-refractivity contribution in [3.8, 4) is 17.6 Å². The van der Waals surface area contributed by atoms with Crippen LogP contribution in [0, 0.1) is 11.3 Å². The normalized spacial score (nSPS) is 11.1. The van der Waals surface area contributed by atoms with Crippen molar-refractivity contribution in [2.24, 2.45) is 5.73 Å². The number of anilines is 1. The molecule has 34 heavy (non-hydrogen) atoms. The molecule has 0 radical (unpaired) electrons. The van der Waals surface area contributed by atoms with E-state index in [1.165, 1.54) is 11.9 Å². The van der Waals surface area contributed by atoms with E-state index in [-0.39, 0.29) is 6.61 Å². The molecule has 2 aromatic carbocycles. The van der Waals surface area contributed by atoms with Gasteiger partial charge >= 0.3 is 0 Å². The lowest BCUT2D eigenvalue weighted by molar-refractivity contribution is 0.301. The second-order valence-corrected chi connectivity index (χ2v) is 9.32. The number of hydrogen-bond acceptors (Lipinski definition) is 8. The van der Waals surface area contributed by atoms with Gasteiger partial charge in [-0.1, -0.05) is 37.6 Å². The van der Waals surface area contributed by atoms with Crippen LogP contribution in [0.5, 0.6) is 11.5 Å². The molecule has 0 fully saturated rings. The number of nitrogens with zero attached hydrogens (tertiary/aromatic N) is 3. The molecule has 7 nitrogen and oxygen atoms in total. The minimum atomic E-state index is -0.410. The zero-order valence-corrected chi connectivity index (χ0v) is 21.2. The molecule has 10 heteroatoms. The van der Waals surface area contributed by atoms with Gasteiger partial charge in [0, 0.05) is 11.6 Å². The number of ether oxygens (including phenoxy) is 2. The summed E-state index contributed by atoms with van der Waals surface area (Å²) in [4.78, 5) is 8.53. The number of halogens is 2. The lowest BCUT2D eigenvalue weighted by atomic mass is 9.77. The zero-order chi connectivity index (χ0) is 24.6. The smallest absolute Gasteiger partial charge is 0.233 e. The first-order chi connectivity index (χ1) is 16.4. The molecular formula is C24H25Cl2N5O2S. The van der Waals surface area contributed by atoms with Crippen molar-refractivity contribution in [2.45, 2.75) is 25.9 Å². The summed E-state index contributed by atoms with van der Waals surface area (Å²) in [7, 11) is 0. The predicted molar refractivity (Wildman–Crippen MR) is 138 cm³/mol. The Bertz CT molecular complexity index is 1150. The minimum absolute atomic E-state index is 0.277. The topological polar surface area (TPSA) is 106 Å². The van der Waals surface area contributed by atoms with E-state index in [9.17, 15) is 5.26 Å². The second-order valence-electron chi connectivity index (χ2n) is 7.71. The summed E-state index contributed by atoms with van der Waals surface area (Å²) in [5.41, 5.74) is 8.12. The van der Waals surface area contributed by atoms with Crippen LogP contribution in [0.2, 0.25) is 5.02 Å². The number of hydrogen-bond donors (Lipinski definition) is 2. The lowest BCUT2D eigenvalue weighted by Crippen LogP contribution is -2.19. The van der Waals surface area contributed by atoms with E-state index in [0.29, 0.717) is 46.4 Å². The van der Waals surface area contributed by atoms with Crippen molar-refractivity contribution in [3.63, 3.8) is 0 Å². The van der Waals surface area contributed by atoms with Crippen LogP contribution in [0.1, 0.15) is 36.2 Å². The summed E-state index contributed by atoms with van der Waals surface area (Å²) in [6.07, 6.45) is 1.67. The quantitative estimate of drug-likeness (QED) is 0.195. The van der Waals surface area contributed by atoms with E-state index in [0.717, 1.165) is 16.8 Å². The van der Waals surface area contributed by atoms with Crippen LogP contribution in [-0.2, 0) is 12.0 Å². The van der Waals surface area contributed by atoms with Crippen LogP contribution in [0.15, 0.2) is 48.7 Å². The maximum atomic E-state index is 9.59. The highest BCUT2D eigenvalue weighted by molar-refractivity contribution is 8.00. The number of nitrogens with two attached hydrogens (primary N) is 1. The first-order valence-electron chi connectivity index (χ1n) is 10.4. The molecule has 1 aromatic heterocycles. The van der Waals surface area contributed by atoms with E-state index in [4.69, 9.17) is 38.4 Å². The second kappa shape index (κ2) is 12.1. The third-order valence-electron chi connectivity index (χ3n) is 5.13. The molecule has 1 heterocycles. The van der Waals surface area contributed by atoms with Gasteiger partial charge in [0.1, 0.15) is 25.0 Å². The summed E-state index contributed by atoms with van der Waals surface area (Å²) in [6, 6.07) is 15.4. The molecule has 178 valence electrons. The third kappa shape index (κ3) is 6.45. The molecule has 0 aliphatic heterocycles. The van der Waals surface area contributed by atoms with Gasteiger partial charge in [-0.2, -0.15) is 5.26 Å². The molecule has 3 rings (SSSR count). The molecular weight excluding hydrogens is 493 g/mol. The van der Waals surface area contributed by atoms with E-state index < -0.39 is 5.41 Å². The number of rotatable bonds is 11. The number of benzene rings is 2. The van der Waals surface area contributed by atoms with Gasteiger partial charge in [-0.25, -0.2) is 9.97 Å². The van der Waals surface area contributed by atoms with Crippen molar-refractivity contribution >= 4 is 41.1 Å². The molecule has 3 N–H and O–H groups in total. The van der Waals surface area contributed by atoms with Gasteiger partial charge in [-0.15, -0.1) is 11.6 Å². The van der Waals surface area contributed by atoms with Crippen LogP contribution in [0.4, 0.5) is 5.95 Å². The van der Waals surface area contributed by atoms with Crippen molar-refractivity contribution in [1.82, 2.24) is 9.97 Å². The summed E-state index contributed by atoms with van der Waals surface area (Å²) < 4.78 is 14.4. The molecule has 0 atom stereocenters. The maximum Gasteiger partial charge on any atom is 0.233 e. The Morgan fingerprint density at radius 2 is 1.91 bits per heavy atom. The van der Waals surface area contributed by atoms with Crippen molar-refractivity contribution in [3.05, 3.63) is 76.1 Å². The molecule has 0 aliphatic rings. The Balaban J connectivity index is 1.73. The monoisotopic (exact) mass is 517 g/mol. The zero-order valence-electron chi connectivity index (χ0n) is 18.8. The Morgan fingerprint density at radius 3 is 2.59 bits per heavy atom. The number of aromatic nitrogens is 2. The van der Waals surface area contributed by atoms with Crippen molar-refractivity contribution < 1.29 is 9.47 Å². The Hall–Kier alpha value is -2.70. The molecule has 0 bridgehead atoms. The Morgan fingerprint density at radius 1 is 1.15 bits per heavy atom. The van der Waals surface area contributed by atoms with Gasteiger partial charge in [0.15, 0.2) is 5.75 Å². The maximum absolute atomic E-state index is 9.59. The van der Waals surface area contributed by atoms with Gasteiger partial charge in [0.2, 0.25) is 5.95 Å². The molecule has 0 aliphatic carbocycles. The van der Waals surface area contributed by atoms with Crippen LogP contribution in [0.25, 0.3) is 0 Å². The third-order valence-corrected chi connectivity index (χ3v) is 6.06. The van der Waals surface area contributed by atoms with E-state index in [2.05, 4.69) is 34.6 Å². The highest BCUT2D eigenvalue weighted by atomic mass is 35.5. The fourth-order valence-corrected chi connectivity index (χ4v) is 3.91. The summed E-state index contributed by atoms with van der Waals surface area (Å²) in [6.45, 7) is 4.73. The first-order valence-corrected chi connectivity index (χ1v) is 12.3.